The number of urea groups is 1. The summed E-state index contributed by atoms with van der Waals surface area (Å²) in [6, 6.07) is 5.76. The maximum Gasteiger partial charge on any atom is 0.322 e. The van der Waals surface area contributed by atoms with Crippen LogP contribution in [0.15, 0.2) is 30.6 Å². The molecule has 1 aliphatic heterocycles. The first-order chi connectivity index (χ1) is 13.8. The minimum Gasteiger partial charge on any atom is -0.379 e. The van der Waals surface area contributed by atoms with Crippen molar-refractivity contribution < 1.29 is 13.9 Å². The number of carbonyl (C=O) groups is 1. The van der Waals surface area contributed by atoms with Gasteiger partial charge in [-0.2, -0.15) is 0 Å². The Bertz CT molecular complexity index is 920. The predicted octanol–water partition coefficient (Wildman–Crippen LogP) is 4.40. The van der Waals surface area contributed by atoms with Crippen molar-refractivity contribution >= 4 is 11.7 Å². The first-order valence-corrected chi connectivity index (χ1v) is 10.1. The lowest BCUT2D eigenvalue weighted by molar-refractivity contribution is -0.155. The number of amides is 2. The van der Waals surface area contributed by atoms with Gasteiger partial charge in [-0.05, 0) is 56.7 Å². The molecule has 1 N–H and O–H groups in total. The fourth-order valence-corrected chi connectivity index (χ4v) is 5.06. The number of fused-ring (bicyclic) bond motifs is 2. The highest BCUT2D eigenvalue weighted by molar-refractivity contribution is 5.92. The number of likely N-dealkylation sites (tertiary alicyclic amines) is 1. The molecule has 2 heterocycles. The van der Waals surface area contributed by atoms with E-state index in [0.29, 0.717) is 17.4 Å². The molecule has 154 valence electrons. The van der Waals surface area contributed by atoms with Crippen LogP contribution in [-0.4, -0.2) is 45.7 Å². The third kappa shape index (κ3) is 3.37. The van der Waals surface area contributed by atoms with Gasteiger partial charge in [0.05, 0.1) is 24.0 Å². The minimum absolute atomic E-state index is 0.0200. The summed E-state index contributed by atoms with van der Waals surface area (Å²) >= 11 is 0. The summed E-state index contributed by atoms with van der Waals surface area (Å²) in [5.41, 5.74) is 2.14. The number of carbonyl (C=O) groups excluding carboxylic acids is 1. The van der Waals surface area contributed by atoms with Gasteiger partial charge in [-0.1, -0.05) is 13.0 Å². The summed E-state index contributed by atoms with van der Waals surface area (Å²) in [7, 11) is 1.71. The summed E-state index contributed by atoms with van der Waals surface area (Å²) < 4.78 is 18.8. The molecule has 2 aliphatic rings. The average molecular weight is 398 g/mol. The summed E-state index contributed by atoms with van der Waals surface area (Å²) in [6.45, 7) is 6.22. The van der Waals surface area contributed by atoms with Gasteiger partial charge in [-0.3, -0.25) is 0 Å². The number of aromatic nitrogens is 2. The Morgan fingerprint density at radius 2 is 2.07 bits per heavy atom. The number of methoxy groups -OCH3 is 1. The molecule has 0 unspecified atom stereocenters. The van der Waals surface area contributed by atoms with E-state index in [2.05, 4.69) is 22.2 Å². The lowest BCUT2D eigenvalue weighted by atomic mass is 9.62. The van der Waals surface area contributed by atoms with Crippen molar-refractivity contribution in [2.24, 2.45) is 5.92 Å². The first kappa shape index (κ1) is 19.8. The number of rotatable bonds is 4. The quantitative estimate of drug-likeness (QED) is 0.829. The van der Waals surface area contributed by atoms with Crippen LogP contribution < -0.4 is 5.32 Å². The van der Waals surface area contributed by atoms with Crippen LogP contribution in [0.1, 0.15) is 38.7 Å². The Morgan fingerprint density at radius 1 is 1.34 bits per heavy atom. The lowest BCUT2D eigenvalue weighted by Gasteiger charge is -2.65. The van der Waals surface area contributed by atoms with Gasteiger partial charge in [-0.15, -0.1) is 0 Å². The van der Waals surface area contributed by atoms with Gasteiger partial charge in [0, 0.05) is 24.4 Å². The Hall–Kier alpha value is -2.54. The third-order valence-corrected chi connectivity index (χ3v) is 6.49. The predicted molar refractivity (Wildman–Crippen MR) is 109 cm³/mol. The van der Waals surface area contributed by atoms with Gasteiger partial charge in [0.25, 0.3) is 0 Å². The molecule has 1 aliphatic carbocycles. The van der Waals surface area contributed by atoms with Crippen LogP contribution in [0.4, 0.5) is 14.9 Å². The van der Waals surface area contributed by atoms with Crippen molar-refractivity contribution in [3.63, 3.8) is 0 Å². The molecule has 4 atom stereocenters. The van der Waals surface area contributed by atoms with Crippen LogP contribution in [0, 0.1) is 18.7 Å². The van der Waals surface area contributed by atoms with Crippen LogP contribution >= 0.6 is 0 Å². The molecule has 2 bridgehead atoms. The standard InChI is InChI=1S/C22H27FN4O2/c1-13-7-18-10-22(9-13,15(3)29-4)27(18)21(28)26-17-6-5-14(2)19(8-17)20-24-11-16(23)12-25-20/h5-6,8,11-13,15,18H,7,9-10H2,1-4H3,(H,26,28)/t13-,15-,18+,22-/m0/s1. The normalized spacial score (nSPS) is 26.6. The molecule has 6 nitrogen and oxygen atoms in total. The van der Waals surface area contributed by atoms with Crippen molar-refractivity contribution in [2.75, 3.05) is 12.4 Å². The second-order valence-corrected chi connectivity index (χ2v) is 8.44. The second-order valence-electron chi connectivity index (χ2n) is 8.44. The van der Waals surface area contributed by atoms with E-state index in [0.717, 1.165) is 42.8 Å². The Kier molecular flexibility index (Phi) is 5.02. The third-order valence-electron chi connectivity index (χ3n) is 6.49. The average Bonchev–Trinajstić information content (AvgIpc) is 2.68. The van der Waals surface area contributed by atoms with Gasteiger partial charge in [0.15, 0.2) is 11.6 Å². The highest BCUT2D eigenvalue weighted by atomic mass is 19.1. The van der Waals surface area contributed by atoms with Crippen LogP contribution in [0.2, 0.25) is 0 Å². The molecule has 7 heteroatoms. The maximum atomic E-state index is 13.2. The molecule has 1 aromatic carbocycles. The molecule has 2 aromatic rings. The van der Waals surface area contributed by atoms with E-state index in [1.54, 1.807) is 7.11 Å². The molecule has 1 aromatic heterocycles. The molecule has 4 rings (SSSR count). The van der Waals surface area contributed by atoms with Crippen molar-refractivity contribution in [3.05, 3.63) is 42.0 Å². The zero-order chi connectivity index (χ0) is 20.8. The zero-order valence-corrected chi connectivity index (χ0v) is 17.3. The fourth-order valence-electron chi connectivity index (χ4n) is 5.06. The number of hydrogen-bond acceptors (Lipinski definition) is 4. The maximum absolute atomic E-state index is 13.2. The van der Waals surface area contributed by atoms with Crippen molar-refractivity contribution in [1.29, 1.82) is 0 Å². The SMILES string of the molecule is CO[C@@H](C)[C@]12C[C@@H](C)C[C@H](C1)N2C(=O)Nc1ccc(C)c(-c2ncc(F)cn2)c1. The molecule has 29 heavy (non-hydrogen) atoms. The van der Waals surface area contributed by atoms with Gasteiger partial charge in [-0.25, -0.2) is 19.2 Å². The van der Waals surface area contributed by atoms with Gasteiger partial charge in [0.2, 0.25) is 0 Å². The van der Waals surface area contributed by atoms with E-state index in [1.165, 1.54) is 0 Å². The van der Waals surface area contributed by atoms with E-state index in [-0.39, 0.29) is 23.7 Å². The van der Waals surface area contributed by atoms with Crippen LogP contribution in [0.3, 0.4) is 0 Å². The summed E-state index contributed by atoms with van der Waals surface area (Å²) in [6.07, 6.45) is 5.23. The lowest BCUT2D eigenvalue weighted by Crippen LogP contribution is -2.76. The number of aryl methyl sites for hydroxylation is 1. The van der Waals surface area contributed by atoms with Gasteiger partial charge >= 0.3 is 6.03 Å². The Balaban J connectivity index is 1.57. The van der Waals surface area contributed by atoms with E-state index < -0.39 is 5.82 Å². The van der Waals surface area contributed by atoms with E-state index in [9.17, 15) is 9.18 Å². The number of nitrogens with zero attached hydrogens (tertiary/aromatic N) is 3. The molecule has 1 saturated carbocycles. The first-order valence-electron chi connectivity index (χ1n) is 10.1. The van der Waals surface area contributed by atoms with Crippen molar-refractivity contribution in [3.8, 4) is 11.4 Å². The molecule has 0 spiro atoms. The van der Waals surface area contributed by atoms with Crippen LogP contribution in [-0.2, 0) is 4.74 Å². The molecule has 1 saturated heterocycles. The number of ether oxygens (including phenoxy) is 1. The summed E-state index contributed by atoms with van der Waals surface area (Å²) in [5, 5.41) is 3.04. The highest BCUT2D eigenvalue weighted by Crippen LogP contribution is 2.52. The molecule has 2 amide bonds. The van der Waals surface area contributed by atoms with Crippen LogP contribution in [0.5, 0.6) is 0 Å². The molecular weight excluding hydrogens is 371 g/mol. The fraction of sp³-hybridized carbons (Fsp3) is 0.500. The number of benzene rings is 1. The second kappa shape index (κ2) is 7.37. The number of halogens is 1. The number of nitrogens with one attached hydrogen (secondary N) is 1. The van der Waals surface area contributed by atoms with E-state index in [4.69, 9.17) is 4.74 Å². The molecular formula is C22H27FN4O2. The summed E-state index contributed by atoms with van der Waals surface area (Å²) in [4.78, 5) is 23.3. The topological polar surface area (TPSA) is 67.3 Å². The monoisotopic (exact) mass is 398 g/mol. The minimum atomic E-state index is -0.480. The number of anilines is 1. The molecule has 0 radical (unpaired) electrons. The smallest absolute Gasteiger partial charge is 0.322 e. The van der Waals surface area contributed by atoms with Crippen molar-refractivity contribution in [2.45, 2.75) is 57.7 Å². The Labute approximate surface area is 170 Å². The summed E-state index contributed by atoms with van der Waals surface area (Å²) in [5.74, 6) is 0.531. The number of piperidine rings is 1. The number of hydrogen-bond donors (Lipinski definition) is 1. The van der Waals surface area contributed by atoms with Gasteiger partial charge in [0.1, 0.15) is 0 Å². The van der Waals surface area contributed by atoms with Crippen molar-refractivity contribution in [1.82, 2.24) is 14.9 Å². The van der Waals surface area contributed by atoms with E-state index >= 15 is 0 Å². The molecule has 2 fully saturated rings. The van der Waals surface area contributed by atoms with Crippen LogP contribution in [0.25, 0.3) is 11.4 Å². The highest BCUT2D eigenvalue weighted by Gasteiger charge is 2.61. The Morgan fingerprint density at radius 3 is 2.76 bits per heavy atom. The van der Waals surface area contributed by atoms with Gasteiger partial charge < -0.3 is 15.0 Å². The van der Waals surface area contributed by atoms with E-state index in [1.807, 2.05) is 36.9 Å². The zero-order valence-electron chi connectivity index (χ0n) is 17.3. The largest absolute Gasteiger partial charge is 0.379 e.